The number of amides is 1. The number of methoxy groups -OCH3 is 1. The van der Waals surface area contributed by atoms with Crippen LogP contribution in [0.2, 0.25) is 0 Å². The van der Waals surface area contributed by atoms with E-state index in [4.69, 9.17) is 4.74 Å². The van der Waals surface area contributed by atoms with Gasteiger partial charge in [0, 0.05) is 26.2 Å². The summed E-state index contributed by atoms with van der Waals surface area (Å²) in [7, 11) is 1.41. The third kappa shape index (κ3) is 4.35. The van der Waals surface area contributed by atoms with Gasteiger partial charge in [-0.05, 0) is 42.3 Å². The molecule has 26 heavy (non-hydrogen) atoms. The number of hydrogen-bond acceptors (Lipinski definition) is 4. The number of nitrogens with zero attached hydrogens (tertiary/aromatic N) is 2. The Morgan fingerprint density at radius 2 is 1.69 bits per heavy atom. The predicted octanol–water partition coefficient (Wildman–Crippen LogP) is 2.67. The van der Waals surface area contributed by atoms with Crippen LogP contribution in [0.4, 0.5) is 5.69 Å². The summed E-state index contributed by atoms with van der Waals surface area (Å²) in [6.45, 7) is 2.19. The molecule has 0 saturated heterocycles. The van der Waals surface area contributed by atoms with Gasteiger partial charge in [-0.3, -0.25) is 9.10 Å². The van der Waals surface area contributed by atoms with E-state index in [1.807, 2.05) is 24.3 Å². The maximum atomic E-state index is 12.9. The minimum absolute atomic E-state index is 0.165. The Balaban J connectivity index is 2.25. The van der Waals surface area contributed by atoms with Crippen molar-refractivity contribution in [3.8, 4) is 5.75 Å². The summed E-state index contributed by atoms with van der Waals surface area (Å²) >= 11 is 0. The molecule has 0 atom stereocenters. The van der Waals surface area contributed by atoms with Gasteiger partial charge in [0.1, 0.15) is 5.75 Å². The fraction of sp³-hybridized carbons (Fsp3) is 0.316. The third-order valence-electron chi connectivity index (χ3n) is 4.30. The first-order chi connectivity index (χ1) is 12.1. The SMILES string of the molecule is COc1ccc(CN(C)C(=O)c2cccc(N(C)S(C)(=O)=O)c2C)cc1. The van der Waals surface area contributed by atoms with E-state index in [0.29, 0.717) is 23.4 Å². The maximum absolute atomic E-state index is 12.9. The van der Waals surface area contributed by atoms with Gasteiger partial charge in [0.05, 0.1) is 19.1 Å². The summed E-state index contributed by atoms with van der Waals surface area (Å²) in [5.41, 5.74) is 2.58. The molecule has 7 heteroatoms. The molecule has 0 N–H and O–H groups in total. The highest BCUT2D eigenvalue weighted by Gasteiger charge is 2.20. The van der Waals surface area contributed by atoms with Crippen molar-refractivity contribution in [2.24, 2.45) is 0 Å². The van der Waals surface area contributed by atoms with Gasteiger partial charge in [0.25, 0.3) is 5.91 Å². The van der Waals surface area contributed by atoms with E-state index in [1.54, 1.807) is 44.2 Å². The Morgan fingerprint density at radius 1 is 1.08 bits per heavy atom. The fourth-order valence-electron chi connectivity index (χ4n) is 2.66. The van der Waals surface area contributed by atoms with Crippen molar-refractivity contribution in [3.05, 3.63) is 59.2 Å². The molecule has 0 bridgehead atoms. The lowest BCUT2D eigenvalue weighted by atomic mass is 10.1. The molecule has 6 nitrogen and oxygen atoms in total. The second-order valence-electron chi connectivity index (χ2n) is 6.19. The number of rotatable bonds is 6. The van der Waals surface area contributed by atoms with E-state index in [9.17, 15) is 13.2 Å². The molecular weight excluding hydrogens is 352 g/mol. The van der Waals surface area contributed by atoms with E-state index in [2.05, 4.69) is 0 Å². The topological polar surface area (TPSA) is 66.9 Å². The van der Waals surface area contributed by atoms with Crippen LogP contribution in [0.25, 0.3) is 0 Å². The monoisotopic (exact) mass is 376 g/mol. The molecule has 0 heterocycles. The lowest BCUT2D eigenvalue weighted by Gasteiger charge is -2.23. The zero-order valence-electron chi connectivity index (χ0n) is 15.7. The summed E-state index contributed by atoms with van der Waals surface area (Å²) in [4.78, 5) is 14.5. The molecule has 0 fully saturated rings. The maximum Gasteiger partial charge on any atom is 0.254 e. The average Bonchev–Trinajstić information content (AvgIpc) is 2.60. The van der Waals surface area contributed by atoms with Gasteiger partial charge in [-0.1, -0.05) is 18.2 Å². The molecule has 0 aromatic heterocycles. The molecule has 0 unspecified atom stereocenters. The molecule has 2 aromatic carbocycles. The van der Waals surface area contributed by atoms with Crippen molar-refractivity contribution in [2.45, 2.75) is 13.5 Å². The van der Waals surface area contributed by atoms with E-state index >= 15 is 0 Å². The Labute approximate surface area is 155 Å². The normalized spacial score (nSPS) is 11.1. The first-order valence-corrected chi connectivity index (χ1v) is 9.92. The Bertz CT molecular complexity index is 892. The van der Waals surface area contributed by atoms with Crippen molar-refractivity contribution in [1.29, 1.82) is 0 Å². The molecule has 0 aliphatic heterocycles. The van der Waals surface area contributed by atoms with E-state index < -0.39 is 10.0 Å². The number of carbonyl (C=O) groups is 1. The molecule has 0 radical (unpaired) electrons. The highest BCUT2D eigenvalue weighted by molar-refractivity contribution is 7.92. The number of carbonyl (C=O) groups excluding carboxylic acids is 1. The summed E-state index contributed by atoms with van der Waals surface area (Å²) in [6.07, 6.45) is 1.14. The molecule has 0 spiro atoms. The zero-order valence-corrected chi connectivity index (χ0v) is 16.5. The number of anilines is 1. The van der Waals surface area contributed by atoms with E-state index in [-0.39, 0.29) is 5.91 Å². The molecular formula is C19H24N2O4S. The highest BCUT2D eigenvalue weighted by atomic mass is 32.2. The number of ether oxygens (including phenoxy) is 1. The minimum atomic E-state index is -3.40. The fourth-order valence-corrected chi connectivity index (χ4v) is 3.21. The van der Waals surface area contributed by atoms with Crippen LogP contribution in [-0.4, -0.2) is 46.7 Å². The molecule has 1 amide bonds. The first kappa shape index (κ1) is 19.8. The van der Waals surface area contributed by atoms with Gasteiger partial charge in [-0.2, -0.15) is 0 Å². The number of benzene rings is 2. The van der Waals surface area contributed by atoms with Crippen LogP contribution >= 0.6 is 0 Å². The van der Waals surface area contributed by atoms with Gasteiger partial charge in [-0.25, -0.2) is 8.42 Å². The standard InChI is InChI=1S/C19H24N2O4S/c1-14-17(7-6-8-18(14)21(3)26(5,23)24)19(22)20(2)13-15-9-11-16(25-4)12-10-15/h6-12H,13H2,1-5H3. The van der Waals surface area contributed by atoms with E-state index in [1.165, 1.54) is 11.4 Å². The molecule has 140 valence electrons. The van der Waals surface area contributed by atoms with Gasteiger partial charge in [-0.15, -0.1) is 0 Å². The van der Waals surface area contributed by atoms with Crippen molar-refractivity contribution in [2.75, 3.05) is 31.8 Å². The Morgan fingerprint density at radius 3 is 2.23 bits per heavy atom. The van der Waals surface area contributed by atoms with Crippen LogP contribution in [-0.2, 0) is 16.6 Å². The largest absolute Gasteiger partial charge is 0.497 e. The summed E-state index contributed by atoms with van der Waals surface area (Å²) < 4.78 is 29.9. The van der Waals surface area contributed by atoms with Gasteiger partial charge < -0.3 is 9.64 Å². The second kappa shape index (κ2) is 7.78. The van der Waals surface area contributed by atoms with Crippen LogP contribution in [0.5, 0.6) is 5.75 Å². The van der Waals surface area contributed by atoms with Crippen LogP contribution in [0.1, 0.15) is 21.5 Å². The molecule has 2 rings (SSSR count). The summed E-state index contributed by atoms with van der Waals surface area (Å²) in [5, 5.41) is 0. The van der Waals surface area contributed by atoms with Gasteiger partial charge >= 0.3 is 0 Å². The molecule has 0 aliphatic carbocycles. The molecule has 2 aromatic rings. The van der Waals surface area contributed by atoms with Gasteiger partial charge in [0.15, 0.2) is 0 Å². The third-order valence-corrected chi connectivity index (χ3v) is 5.49. The highest BCUT2D eigenvalue weighted by Crippen LogP contribution is 2.25. The number of hydrogen-bond donors (Lipinski definition) is 0. The van der Waals surface area contributed by atoms with Crippen LogP contribution in [0.15, 0.2) is 42.5 Å². The minimum Gasteiger partial charge on any atom is -0.497 e. The van der Waals surface area contributed by atoms with Gasteiger partial charge in [0.2, 0.25) is 10.0 Å². The summed E-state index contributed by atoms with van der Waals surface area (Å²) in [5.74, 6) is 0.595. The summed E-state index contributed by atoms with van der Waals surface area (Å²) in [6, 6.07) is 12.6. The zero-order chi connectivity index (χ0) is 19.5. The van der Waals surface area contributed by atoms with Crippen molar-refractivity contribution < 1.29 is 17.9 Å². The average molecular weight is 376 g/mol. The van der Waals surface area contributed by atoms with Crippen LogP contribution in [0.3, 0.4) is 0 Å². The first-order valence-electron chi connectivity index (χ1n) is 8.07. The number of sulfonamides is 1. The van der Waals surface area contributed by atoms with E-state index in [0.717, 1.165) is 17.6 Å². The lowest BCUT2D eigenvalue weighted by molar-refractivity contribution is 0.0784. The second-order valence-corrected chi connectivity index (χ2v) is 8.20. The molecule has 0 aliphatic rings. The van der Waals surface area contributed by atoms with Crippen molar-refractivity contribution >= 4 is 21.6 Å². The predicted molar refractivity (Wildman–Crippen MR) is 103 cm³/mol. The van der Waals surface area contributed by atoms with Crippen molar-refractivity contribution in [3.63, 3.8) is 0 Å². The lowest BCUT2D eigenvalue weighted by Crippen LogP contribution is -2.29. The smallest absolute Gasteiger partial charge is 0.254 e. The Kier molecular flexibility index (Phi) is 5.92. The van der Waals surface area contributed by atoms with Crippen LogP contribution < -0.4 is 9.04 Å². The van der Waals surface area contributed by atoms with Crippen LogP contribution in [0, 0.1) is 6.92 Å². The molecule has 0 saturated carbocycles. The van der Waals surface area contributed by atoms with Crippen molar-refractivity contribution in [1.82, 2.24) is 4.90 Å². The Hall–Kier alpha value is -2.54. The quantitative estimate of drug-likeness (QED) is 0.777.